The van der Waals surface area contributed by atoms with E-state index in [1.165, 1.54) is 6.07 Å². The van der Waals surface area contributed by atoms with Gasteiger partial charge in [-0.2, -0.15) is 0 Å². The number of aryl methyl sites for hydroxylation is 1. The van der Waals surface area contributed by atoms with Crippen molar-refractivity contribution in [3.63, 3.8) is 0 Å². The molecule has 0 saturated heterocycles. The maximum atomic E-state index is 10.4. The Morgan fingerprint density at radius 1 is 1.58 bits per heavy atom. The van der Waals surface area contributed by atoms with E-state index in [0.717, 1.165) is 0 Å². The second-order valence-electron chi connectivity index (χ2n) is 2.49. The third-order valence-electron chi connectivity index (χ3n) is 1.66. The fourth-order valence-corrected chi connectivity index (χ4v) is 2.96. The quantitative estimate of drug-likeness (QED) is 0.461. The van der Waals surface area contributed by atoms with Crippen LogP contribution in [0, 0.1) is 17.0 Å². The van der Waals surface area contributed by atoms with Gasteiger partial charge < -0.3 is 0 Å². The van der Waals surface area contributed by atoms with Gasteiger partial charge in [0.2, 0.25) is 0 Å². The summed E-state index contributed by atoms with van der Waals surface area (Å²) in [6.45, 7) is 1.73. The Kier molecular flexibility index (Phi) is 2.67. The van der Waals surface area contributed by atoms with Gasteiger partial charge in [0.15, 0.2) is 0 Å². The van der Waals surface area contributed by atoms with Crippen LogP contribution >= 0.6 is 0 Å². The molecule has 0 aliphatic rings. The second kappa shape index (κ2) is 3.39. The Balaban J connectivity index is 3.36. The van der Waals surface area contributed by atoms with Gasteiger partial charge in [0.05, 0.1) is 0 Å². The molecule has 1 aromatic rings. The number of nitro benzene ring substituents is 1. The number of aromatic hydroxyl groups is 1. The van der Waals surface area contributed by atoms with E-state index in [1.54, 1.807) is 13.0 Å². The van der Waals surface area contributed by atoms with Gasteiger partial charge in [0.1, 0.15) is 0 Å². The zero-order chi connectivity index (χ0) is 9.30. The van der Waals surface area contributed by atoms with Gasteiger partial charge in [0.25, 0.3) is 0 Å². The van der Waals surface area contributed by atoms with Gasteiger partial charge in [0, 0.05) is 0 Å². The maximum absolute atomic E-state index is 10.4. The molecule has 12 heavy (non-hydrogen) atoms. The third kappa shape index (κ3) is 1.58. The third-order valence-corrected chi connectivity index (χ3v) is 4.37. The summed E-state index contributed by atoms with van der Waals surface area (Å²) in [7, 11) is 0. The molecule has 5 heteroatoms. The van der Waals surface area contributed by atoms with Gasteiger partial charge in [-0.05, 0) is 0 Å². The van der Waals surface area contributed by atoms with Crippen LogP contribution in [0.25, 0.3) is 0 Å². The van der Waals surface area contributed by atoms with Crippen LogP contribution in [0.1, 0.15) is 5.56 Å². The number of nitro groups is 1. The van der Waals surface area contributed by atoms with E-state index in [1.807, 2.05) is 0 Å². The molecule has 0 fully saturated rings. The predicted molar refractivity (Wildman–Crippen MR) is 39.1 cm³/mol. The Bertz CT molecular complexity index is 338. The van der Waals surface area contributed by atoms with E-state index < -0.39 is 4.92 Å². The number of nitrogens with zero attached hydrogens (tertiary/aromatic N) is 1. The molecule has 0 aliphatic heterocycles. The van der Waals surface area contributed by atoms with Crippen LogP contribution < -0.4 is 3.07 Å². The molecule has 0 atom stereocenters. The molecule has 0 aliphatic carbocycles. The summed E-state index contributed by atoms with van der Waals surface area (Å²) in [5, 5.41) is 19.8. The number of phenols is 1. The average molecular weight is 353 g/mol. The minimum absolute atomic E-state index is 0.0430. The van der Waals surface area contributed by atoms with Crippen molar-refractivity contribution in [1.29, 1.82) is 0 Å². The fraction of sp³-hybridized carbons (Fsp3) is 0.143. The zero-order valence-electron chi connectivity index (χ0n) is 6.57. The Morgan fingerprint density at radius 3 is 2.67 bits per heavy atom. The minimum atomic E-state index is -0.457. The molecule has 0 unspecified atom stereocenters. The Morgan fingerprint density at radius 2 is 2.17 bits per heavy atom. The zero-order valence-corrected chi connectivity index (χ0v) is 12.1. The first-order chi connectivity index (χ1) is 5.54. The molecule has 0 saturated carbocycles. The molecular formula is C7H6HgNO3+. The molecule has 58 valence electrons. The summed E-state index contributed by atoms with van der Waals surface area (Å²) in [4.78, 5) is 9.95. The van der Waals surface area contributed by atoms with Crippen molar-refractivity contribution in [3.05, 3.63) is 27.8 Å². The van der Waals surface area contributed by atoms with Crippen LogP contribution in [0.3, 0.4) is 0 Å². The van der Waals surface area contributed by atoms with Crippen molar-refractivity contribution in [2.75, 3.05) is 0 Å². The van der Waals surface area contributed by atoms with Gasteiger partial charge in [-0.1, -0.05) is 0 Å². The SMILES string of the molecule is Cc1ccc([N+](=O)[O-])[c]([Hg+])c1O. The van der Waals surface area contributed by atoms with Crippen molar-refractivity contribution in [2.24, 2.45) is 0 Å². The van der Waals surface area contributed by atoms with Gasteiger partial charge >= 0.3 is 85.4 Å². The molecule has 0 bridgehead atoms. The molecule has 0 radical (unpaired) electrons. The molecule has 0 heterocycles. The number of rotatable bonds is 1. The van der Waals surface area contributed by atoms with E-state index in [2.05, 4.69) is 0 Å². The Labute approximate surface area is 85.3 Å². The monoisotopic (exact) mass is 354 g/mol. The molecule has 1 N–H and O–H groups in total. The van der Waals surface area contributed by atoms with E-state index in [-0.39, 0.29) is 37.6 Å². The number of benzene rings is 1. The van der Waals surface area contributed by atoms with Crippen LogP contribution in [-0.4, -0.2) is 10.0 Å². The van der Waals surface area contributed by atoms with Crippen molar-refractivity contribution in [1.82, 2.24) is 0 Å². The van der Waals surface area contributed by atoms with E-state index in [4.69, 9.17) is 0 Å². The number of phenolic OH excluding ortho intramolecular Hbond substituents is 1. The van der Waals surface area contributed by atoms with E-state index in [0.29, 0.717) is 8.64 Å². The summed E-state index contributed by atoms with van der Waals surface area (Å²) in [6.07, 6.45) is 0. The number of hydrogen-bond donors (Lipinski definition) is 1. The normalized spacial score (nSPS) is 9.92. The van der Waals surface area contributed by atoms with Gasteiger partial charge in [-0.25, -0.2) is 0 Å². The summed E-state index contributed by atoms with van der Waals surface area (Å²) in [5.74, 6) is 0.0903. The predicted octanol–water partition coefficient (Wildman–Crippen LogP) is 0.781. The molecular weight excluding hydrogens is 347 g/mol. The Hall–Kier alpha value is -0.645. The van der Waals surface area contributed by atoms with E-state index in [9.17, 15) is 15.2 Å². The van der Waals surface area contributed by atoms with Crippen LogP contribution in [0.2, 0.25) is 0 Å². The molecule has 0 aromatic heterocycles. The molecule has 4 nitrogen and oxygen atoms in total. The fourth-order valence-electron chi connectivity index (χ4n) is 0.914. The summed E-state index contributed by atoms with van der Waals surface area (Å²) < 4.78 is 0.514. The van der Waals surface area contributed by atoms with Crippen LogP contribution in [0.5, 0.6) is 5.75 Å². The summed E-state index contributed by atoms with van der Waals surface area (Å²) in [5.41, 5.74) is 0.743. The van der Waals surface area contributed by atoms with Crippen molar-refractivity contribution >= 4 is 8.76 Å². The standard InChI is InChI=1S/C7H6NO3.Hg/c1-5-2-3-6(8(10)11)4-7(5)9;/h2-3,9H,1H3;/q;+1. The first-order valence-electron chi connectivity index (χ1n) is 3.33. The van der Waals surface area contributed by atoms with Gasteiger partial charge in [-0.15, -0.1) is 0 Å². The van der Waals surface area contributed by atoms with Gasteiger partial charge in [-0.3, -0.25) is 0 Å². The van der Waals surface area contributed by atoms with Crippen molar-refractivity contribution in [3.8, 4) is 5.75 Å². The first-order valence-corrected chi connectivity index (χ1v) is 6.08. The number of hydrogen-bond acceptors (Lipinski definition) is 3. The van der Waals surface area contributed by atoms with E-state index >= 15 is 0 Å². The molecule has 1 aromatic carbocycles. The summed E-state index contributed by atoms with van der Waals surface area (Å²) >= 11 is 0.0643. The molecule has 0 spiro atoms. The first kappa shape index (κ1) is 9.44. The van der Waals surface area contributed by atoms with Crippen LogP contribution in [-0.2, 0) is 26.1 Å². The molecule has 0 amide bonds. The van der Waals surface area contributed by atoms with Crippen molar-refractivity contribution in [2.45, 2.75) is 6.92 Å². The average Bonchev–Trinajstić information content (AvgIpc) is 2.00. The second-order valence-corrected chi connectivity index (χ2v) is 5.23. The topological polar surface area (TPSA) is 63.4 Å². The van der Waals surface area contributed by atoms with Crippen molar-refractivity contribution < 1.29 is 36.2 Å². The van der Waals surface area contributed by atoms with Crippen LogP contribution in [0.4, 0.5) is 5.69 Å². The molecule has 1 rings (SSSR count). The summed E-state index contributed by atoms with van der Waals surface area (Å²) in [6, 6.07) is 3.00. The van der Waals surface area contributed by atoms with Crippen LogP contribution in [0.15, 0.2) is 12.1 Å².